The minimum Gasteiger partial charge on any atom is -0.385 e. The van der Waals surface area contributed by atoms with Crippen LogP contribution in [-0.4, -0.2) is 30.0 Å². The maximum absolute atomic E-state index is 5.17. The highest BCUT2D eigenvalue weighted by Crippen LogP contribution is 2.21. The lowest BCUT2D eigenvalue weighted by Crippen LogP contribution is -2.30. The van der Waals surface area contributed by atoms with E-state index in [1.807, 2.05) is 0 Å². The summed E-state index contributed by atoms with van der Waals surface area (Å²) in [5.41, 5.74) is 2.59. The average molecular weight is 289 g/mol. The molecule has 0 unspecified atom stereocenters. The Morgan fingerprint density at radius 2 is 2.05 bits per heavy atom. The molecule has 0 fully saturated rings. The molecule has 0 radical (unpaired) electrons. The van der Waals surface area contributed by atoms with E-state index in [-0.39, 0.29) is 5.41 Å². The van der Waals surface area contributed by atoms with Crippen molar-refractivity contribution < 1.29 is 4.74 Å². The highest BCUT2D eigenvalue weighted by molar-refractivity contribution is 5.81. The van der Waals surface area contributed by atoms with Crippen molar-refractivity contribution in [2.45, 2.75) is 40.3 Å². The van der Waals surface area contributed by atoms with Crippen LogP contribution >= 0.6 is 0 Å². The fourth-order valence-electron chi connectivity index (χ4n) is 2.55. The zero-order valence-electron chi connectivity index (χ0n) is 13.6. The summed E-state index contributed by atoms with van der Waals surface area (Å²) in [5.74, 6) is 0. The molecular formula is C17H27N3O. The van der Waals surface area contributed by atoms with E-state index in [2.05, 4.69) is 55.0 Å². The highest BCUT2D eigenvalue weighted by Gasteiger charge is 2.17. The standard InChI is InChI=1S/C17H27N3O/c1-5-20-16-9-7-6-8-14(16)15(19-20)12-18-13-17(2,3)10-11-21-4/h6-9,18H,5,10-13H2,1-4H3. The number of nitrogens with one attached hydrogen (secondary N) is 1. The Hall–Kier alpha value is -1.39. The maximum Gasteiger partial charge on any atom is 0.0841 e. The highest BCUT2D eigenvalue weighted by atomic mass is 16.5. The van der Waals surface area contributed by atoms with Gasteiger partial charge in [-0.3, -0.25) is 4.68 Å². The van der Waals surface area contributed by atoms with Crippen LogP contribution < -0.4 is 5.32 Å². The van der Waals surface area contributed by atoms with Gasteiger partial charge in [-0.1, -0.05) is 32.0 Å². The van der Waals surface area contributed by atoms with Gasteiger partial charge in [0.05, 0.1) is 11.2 Å². The van der Waals surface area contributed by atoms with Crippen molar-refractivity contribution in [3.05, 3.63) is 30.0 Å². The van der Waals surface area contributed by atoms with Crippen LogP contribution in [-0.2, 0) is 17.8 Å². The molecule has 4 heteroatoms. The molecule has 1 aromatic carbocycles. The number of ether oxygens (including phenoxy) is 1. The van der Waals surface area contributed by atoms with Crippen molar-refractivity contribution in [3.8, 4) is 0 Å². The van der Waals surface area contributed by atoms with Crippen molar-refractivity contribution in [2.24, 2.45) is 5.41 Å². The molecular weight excluding hydrogens is 262 g/mol. The Morgan fingerprint density at radius 1 is 1.29 bits per heavy atom. The van der Waals surface area contributed by atoms with Crippen molar-refractivity contribution in [1.29, 1.82) is 0 Å². The van der Waals surface area contributed by atoms with Gasteiger partial charge in [0.2, 0.25) is 0 Å². The lowest BCUT2D eigenvalue weighted by Gasteiger charge is -2.24. The number of aromatic nitrogens is 2. The molecule has 21 heavy (non-hydrogen) atoms. The Bertz CT molecular complexity index is 574. The van der Waals surface area contributed by atoms with Crippen molar-refractivity contribution >= 4 is 10.9 Å². The van der Waals surface area contributed by atoms with E-state index in [0.717, 1.165) is 38.4 Å². The van der Waals surface area contributed by atoms with Gasteiger partial charge in [0, 0.05) is 38.7 Å². The summed E-state index contributed by atoms with van der Waals surface area (Å²) < 4.78 is 7.25. The molecule has 0 aliphatic carbocycles. The van der Waals surface area contributed by atoms with Crippen LogP contribution in [0.25, 0.3) is 10.9 Å². The van der Waals surface area contributed by atoms with Crippen LogP contribution in [0.5, 0.6) is 0 Å². The molecule has 116 valence electrons. The van der Waals surface area contributed by atoms with Gasteiger partial charge in [-0.05, 0) is 24.8 Å². The van der Waals surface area contributed by atoms with E-state index in [9.17, 15) is 0 Å². The average Bonchev–Trinajstić information content (AvgIpc) is 2.83. The zero-order chi connectivity index (χ0) is 15.3. The van der Waals surface area contributed by atoms with Crippen LogP contribution in [0.2, 0.25) is 0 Å². The summed E-state index contributed by atoms with van der Waals surface area (Å²) in [7, 11) is 1.76. The van der Waals surface area contributed by atoms with E-state index in [0.29, 0.717) is 0 Å². The monoisotopic (exact) mass is 289 g/mol. The van der Waals surface area contributed by atoms with Crippen LogP contribution in [0.3, 0.4) is 0 Å². The summed E-state index contributed by atoms with van der Waals surface area (Å²) in [4.78, 5) is 0. The molecule has 4 nitrogen and oxygen atoms in total. The van der Waals surface area contributed by atoms with Gasteiger partial charge < -0.3 is 10.1 Å². The molecule has 0 spiro atoms. The van der Waals surface area contributed by atoms with Crippen molar-refractivity contribution in [3.63, 3.8) is 0 Å². The second-order valence-electron chi connectivity index (χ2n) is 6.29. The third-order valence-electron chi connectivity index (χ3n) is 3.91. The number of nitrogens with zero attached hydrogens (tertiary/aromatic N) is 2. The molecule has 0 saturated heterocycles. The minimum atomic E-state index is 0.235. The molecule has 0 saturated carbocycles. The summed E-state index contributed by atoms with van der Waals surface area (Å²) in [6, 6.07) is 8.44. The maximum atomic E-state index is 5.17. The fraction of sp³-hybridized carbons (Fsp3) is 0.588. The molecule has 0 aliphatic rings. The lowest BCUT2D eigenvalue weighted by atomic mass is 9.90. The van der Waals surface area contributed by atoms with E-state index in [1.165, 1.54) is 10.9 Å². The van der Waals surface area contributed by atoms with Crippen LogP contribution in [0, 0.1) is 5.41 Å². The first kappa shape index (κ1) is 16.0. The van der Waals surface area contributed by atoms with E-state index < -0.39 is 0 Å². The van der Waals surface area contributed by atoms with Gasteiger partial charge in [-0.25, -0.2) is 0 Å². The molecule has 2 aromatic rings. The van der Waals surface area contributed by atoms with Gasteiger partial charge in [-0.2, -0.15) is 5.10 Å². The minimum absolute atomic E-state index is 0.235. The summed E-state index contributed by atoms with van der Waals surface area (Å²) in [6.07, 6.45) is 1.06. The van der Waals surface area contributed by atoms with Gasteiger partial charge in [0.25, 0.3) is 0 Å². The SMILES string of the molecule is CCn1nc(CNCC(C)(C)CCOC)c2ccccc21. The Morgan fingerprint density at radius 3 is 2.76 bits per heavy atom. The second-order valence-corrected chi connectivity index (χ2v) is 6.29. The molecule has 0 amide bonds. The van der Waals surface area contributed by atoms with Gasteiger partial charge in [0.1, 0.15) is 0 Å². The van der Waals surface area contributed by atoms with E-state index >= 15 is 0 Å². The Balaban J connectivity index is 2.01. The topological polar surface area (TPSA) is 39.1 Å². The number of benzene rings is 1. The van der Waals surface area contributed by atoms with Gasteiger partial charge >= 0.3 is 0 Å². The normalized spacial score (nSPS) is 12.2. The predicted octanol–water partition coefficient (Wildman–Crippen LogP) is 3.21. The molecule has 1 aromatic heterocycles. The molecule has 0 atom stereocenters. The molecule has 0 aliphatic heterocycles. The zero-order valence-corrected chi connectivity index (χ0v) is 13.6. The van der Waals surface area contributed by atoms with Crippen LogP contribution in [0.15, 0.2) is 24.3 Å². The number of para-hydroxylation sites is 1. The Labute approximate surface area is 127 Å². The van der Waals surface area contributed by atoms with Crippen LogP contribution in [0.1, 0.15) is 32.9 Å². The lowest BCUT2D eigenvalue weighted by molar-refractivity contribution is 0.150. The first-order valence-electron chi connectivity index (χ1n) is 7.71. The van der Waals surface area contributed by atoms with Crippen LogP contribution in [0.4, 0.5) is 0 Å². The van der Waals surface area contributed by atoms with Crippen molar-refractivity contribution in [1.82, 2.24) is 15.1 Å². The van der Waals surface area contributed by atoms with E-state index in [1.54, 1.807) is 7.11 Å². The molecule has 2 rings (SSSR count). The smallest absolute Gasteiger partial charge is 0.0841 e. The molecule has 1 N–H and O–H groups in total. The van der Waals surface area contributed by atoms with Gasteiger partial charge in [0.15, 0.2) is 0 Å². The number of aryl methyl sites for hydroxylation is 1. The predicted molar refractivity (Wildman–Crippen MR) is 87.4 cm³/mol. The third kappa shape index (κ3) is 4.05. The summed E-state index contributed by atoms with van der Waals surface area (Å²) in [6.45, 7) is 10.1. The third-order valence-corrected chi connectivity index (χ3v) is 3.91. The summed E-state index contributed by atoms with van der Waals surface area (Å²) in [5, 5.41) is 9.52. The molecule has 0 bridgehead atoms. The number of hydrogen-bond donors (Lipinski definition) is 1. The number of hydrogen-bond acceptors (Lipinski definition) is 3. The largest absolute Gasteiger partial charge is 0.385 e. The number of methoxy groups -OCH3 is 1. The second kappa shape index (κ2) is 7.05. The number of rotatable bonds is 8. The van der Waals surface area contributed by atoms with Crippen molar-refractivity contribution in [2.75, 3.05) is 20.3 Å². The van der Waals surface area contributed by atoms with E-state index in [4.69, 9.17) is 9.84 Å². The number of fused-ring (bicyclic) bond motifs is 1. The fourth-order valence-corrected chi connectivity index (χ4v) is 2.55. The first-order chi connectivity index (χ1) is 10.1. The first-order valence-corrected chi connectivity index (χ1v) is 7.71. The molecule has 1 heterocycles. The quantitative estimate of drug-likeness (QED) is 0.811. The van der Waals surface area contributed by atoms with Gasteiger partial charge in [-0.15, -0.1) is 0 Å². The Kier molecular flexibility index (Phi) is 5.37. The summed E-state index contributed by atoms with van der Waals surface area (Å²) >= 11 is 0.